The number of para-hydroxylation sites is 1. The van der Waals surface area contributed by atoms with Crippen LogP contribution >= 0.6 is 11.3 Å². The minimum absolute atomic E-state index is 0.126. The van der Waals surface area contributed by atoms with E-state index in [0.29, 0.717) is 17.2 Å². The molecule has 0 atom stereocenters. The Bertz CT molecular complexity index is 736. The van der Waals surface area contributed by atoms with Crippen molar-refractivity contribution in [3.63, 3.8) is 0 Å². The van der Waals surface area contributed by atoms with E-state index in [-0.39, 0.29) is 17.9 Å². The molecule has 1 heterocycles. The Morgan fingerprint density at radius 1 is 1.30 bits per heavy atom. The number of carboxylic acid groups (broad SMARTS) is 1. The number of carboxylic acids is 1. The molecule has 2 aromatic rings. The third-order valence-corrected chi connectivity index (χ3v) is 4.64. The van der Waals surface area contributed by atoms with E-state index < -0.39 is 5.97 Å². The second-order valence-electron chi connectivity index (χ2n) is 5.04. The third-order valence-electron chi connectivity index (χ3n) is 3.57. The van der Waals surface area contributed by atoms with Crippen molar-refractivity contribution in [1.82, 2.24) is 0 Å². The fourth-order valence-electron chi connectivity index (χ4n) is 2.51. The lowest BCUT2D eigenvalue weighted by Crippen LogP contribution is -2.16. The summed E-state index contributed by atoms with van der Waals surface area (Å²) < 4.78 is 5.23. The quantitative estimate of drug-likeness (QED) is 0.848. The number of carbonyl (C=O) groups is 2. The van der Waals surface area contributed by atoms with Gasteiger partial charge in [0.15, 0.2) is 0 Å². The normalized spacial score (nSPS) is 10.4. The summed E-state index contributed by atoms with van der Waals surface area (Å²) in [5.74, 6) is -0.641. The molecule has 6 heteroatoms. The maximum absolute atomic E-state index is 12.3. The number of aromatic carboxylic acids is 1. The van der Waals surface area contributed by atoms with Gasteiger partial charge >= 0.3 is 5.97 Å². The van der Waals surface area contributed by atoms with Crippen molar-refractivity contribution in [3.05, 3.63) is 45.8 Å². The van der Waals surface area contributed by atoms with Crippen LogP contribution in [0.1, 0.15) is 33.3 Å². The molecule has 0 bridgehead atoms. The molecule has 2 rings (SSSR count). The van der Waals surface area contributed by atoms with Crippen LogP contribution in [0.25, 0.3) is 0 Å². The number of amides is 1. The summed E-state index contributed by atoms with van der Waals surface area (Å²) in [6.07, 6.45) is 0.744. The van der Waals surface area contributed by atoms with Crippen LogP contribution in [0.5, 0.6) is 5.75 Å². The zero-order valence-electron chi connectivity index (χ0n) is 13.3. The first-order chi connectivity index (χ1) is 11.0. The summed E-state index contributed by atoms with van der Waals surface area (Å²) in [6.45, 7) is 3.77. The van der Waals surface area contributed by atoms with Crippen molar-refractivity contribution >= 4 is 28.2 Å². The number of ether oxygens (including phenoxy) is 1. The lowest BCUT2D eigenvalue weighted by molar-refractivity contribution is -0.115. The predicted octanol–water partition coefficient (Wildman–Crippen LogP) is 3.51. The number of anilines is 1. The van der Waals surface area contributed by atoms with Crippen molar-refractivity contribution in [3.8, 4) is 5.75 Å². The Labute approximate surface area is 138 Å². The molecule has 1 aromatic heterocycles. The molecule has 122 valence electrons. The highest BCUT2D eigenvalue weighted by Crippen LogP contribution is 2.33. The minimum atomic E-state index is -1.02. The molecule has 0 aliphatic rings. The molecule has 0 spiro atoms. The van der Waals surface area contributed by atoms with Gasteiger partial charge in [-0.3, -0.25) is 4.79 Å². The van der Waals surface area contributed by atoms with E-state index in [9.17, 15) is 14.7 Å². The zero-order valence-corrected chi connectivity index (χ0v) is 14.1. The summed E-state index contributed by atoms with van der Waals surface area (Å²) in [4.78, 5) is 24.7. The minimum Gasteiger partial charge on any atom is -0.496 e. The van der Waals surface area contributed by atoms with Crippen LogP contribution in [-0.4, -0.2) is 24.1 Å². The maximum atomic E-state index is 12.3. The summed E-state index contributed by atoms with van der Waals surface area (Å²) in [6, 6.07) is 7.26. The topological polar surface area (TPSA) is 75.6 Å². The molecule has 5 nitrogen and oxygen atoms in total. The number of carbonyl (C=O) groups excluding carboxylic acids is 1. The number of hydrogen-bond donors (Lipinski definition) is 2. The highest BCUT2D eigenvalue weighted by molar-refractivity contribution is 7.16. The zero-order chi connectivity index (χ0) is 17.0. The van der Waals surface area contributed by atoms with E-state index in [1.165, 1.54) is 11.3 Å². The van der Waals surface area contributed by atoms with Crippen molar-refractivity contribution in [1.29, 1.82) is 0 Å². The second kappa shape index (κ2) is 7.28. The molecular weight excluding hydrogens is 314 g/mol. The van der Waals surface area contributed by atoms with Crippen LogP contribution in [0.3, 0.4) is 0 Å². The van der Waals surface area contributed by atoms with E-state index in [0.717, 1.165) is 16.0 Å². The molecule has 0 saturated heterocycles. The van der Waals surface area contributed by atoms with Crippen molar-refractivity contribution in [2.75, 3.05) is 12.4 Å². The van der Waals surface area contributed by atoms with Crippen LogP contribution < -0.4 is 10.1 Å². The average Bonchev–Trinajstić information content (AvgIpc) is 2.83. The van der Waals surface area contributed by atoms with Gasteiger partial charge in [-0.05, 0) is 25.0 Å². The summed E-state index contributed by atoms with van der Waals surface area (Å²) >= 11 is 1.30. The number of nitrogens with one attached hydrogen (secondary N) is 1. The second-order valence-corrected chi connectivity index (χ2v) is 6.26. The molecule has 0 aliphatic heterocycles. The van der Waals surface area contributed by atoms with Gasteiger partial charge in [0.1, 0.15) is 10.8 Å². The third kappa shape index (κ3) is 3.71. The molecule has 2 N–H and O–H groups in total. The highest BCUT2D eigenvalue weighted by atomic mass is 32.1. The molecule has 1 aromatic carbocycles. The smallest absolute Gasteiger partial charge is 0.339 e. The first-order valence-electron chi connectivity index (χ1n) is 7.25. The SMILES string of the molecule is CCc1c(C)sc(NC(=O)Cc2ccccc2OC)c1C(=O)O. The van der Waals surface area contributed by atoms with Gasteiger partial charge in [0.2, 0.25) is 5.91 Å². The van der Waals surface area contributed by atoms with Crippen molar-refractivity contribution in [2.45, 2.75) is 26.7 Å². The summed E-state index contributed by atoms with van der Waals surface area (Å²) in [7, 11) is 1.55. The van der Waals surface area contributed by atoms with Gasteiger partial charge in [0.05, 0.1) is 19.1 Å². The molecule has 0 radical (unpaired) electrons. The van der Waals surface area contributed by atoms with Gasteiger partial charge in [-0.15, -0.1) is 11.3 Å². The Morgan fingerprint density at radius 2 is 2.00 bits per heavy atom. The molecule has 0 unspecified atom stereocenters. The van der Waals surface area contributed by atoms with Gasteiger partial charge in [0, 0.05) is 10.4 Å². The number of hydrogen-bond acceptors (Lipinski definition) is 4. The van der Waals surface area contributed by atoms with Gasteiger partial charge in [0.25, 0.3) is 0 Å². The fourth-order valence-corrected chi connectivity index (χ4v) is 3.66. The van der Waals surface area contributed by atoms with Crippen molar-refractivity contribution < 1.29 is 19.4 Å². The van der Waals surface area contributed by atoms with E-state index in [1.807, 2.05) is 32.0 Å². The van der Waals surface area contributed by atoms with Gasteiger partial charge < -0.3 is 15.2 Å². The van der Waals surface area contributed by atoms with E-state index >= 15 is 0 Å². The standard InChI is InChI=1S/C17H19NO4S/c1-4-12-10(2)23-16(15(12)17(20)21)18-14(19)9-11-7-5-6-8-13(11)22-3/h5-8H,4,9H2,1-3H3,(H,18,19)(H,20,21). The number of methoxy groups -OCH3 is 1. The summed E-state index contributed by atoms with van der Waals surface area (Å²) in [5.41, 5.74) is 1.73. The Balaban J connectivity index is 2.22. The highest BCUT2D eigenvalue weighted by Gasteiger charge is 2.22. The van der Waals surface area contributed by atoms with Crippen LogP contribution in [-0.2, 0) is 17.6 Å². The Morgan fingerprint density at radius 3 is 2.61 bits per heavy atom. The molecule has 0 saturated carbocycles. The Hall–Kier alpha value is -2.34. The van der Waals surface area contributed by atoms with E-state index in [1.54, 1.807) is 13.2 Å². The van der Waals surface area contributed by atoms with Gasteiger partial charge in [-0.25, -0.2) is 4.79 Å². The van der Waals surface area contributed by atoms with Crippen LogP contribution in [0.2, 0.25) is 0 Å². The maximum Gasteiger partial charge on any atom is 0.339 e. The molecule has 0 aliphatic carbocycles. The van der Waals surface area contributed by atoms with Gasteiger partial charge in [-0.2, -0.15) is 0 Å². The number of rotatable bonds is 6. The lowest BCUT2D eigenvalue weighted by Gasteiger charge is -2.08. The molecular formula is C17H19NO4S. The summed E-state index contributed by atoms with van der Waals surface area (Å²) in [5, 5.41) is 12.5. The molecule has 0 fully saturated rings. The largest absolute Gasteiger partial charge is 0.496 e. The number of benzene rings is 1. The average molecular weight is 333 g/mol. The van der Waals surface area contributed by atoms with Crippen LogP contribution in [0, 0.1) is 6.92 Å². The Kier molecular flexibility index (Phi) is 5.39. The fraction of sp³-hybridized carbons (Fsp3) is 0.294. The van der Waals surface area contributed by atoms with Crippen LogP contribution in [0.15, 0.2) is 24.3 Å². The van der Waals surface area contributed by atoms with Crippen molar-refractivity contribution in [2.24, 2.45) is 0 Å². The lowest BCUT2D eigenvalue weighted by atomic mass is 10.1. The van der Waals surface area contributed by atoms with Crippen LogP contribution in [0.4, 0.5) is 5.00 Å². The van der Waals surface area contributed by atoms with Gasteiger partial charge in [-0.1, -0.05) is 25.1 Å². The first-order valence-corrected chi connectivity index (χ1v) is 8.06. The monoisotopic (exact) mass is 333 g/mol. The van der Waals surface area contributed by atoms with E-state index in [2.05, 4.69) is 5.32 Å². The predicted molar refractivity (Wildman–Crippen MR) is 90.7 cm³/mol. The molecule has 23 heavy (non-hydrogen) atoms. The van der Waals surface area contributed by atoms with E-state index in [4.69, 9.17) is 4.74 Å². The number of aryl methyl sites for hydroxylation is 1. The first kappa shape index (κ1) is 17.0. The molecule has 1 amide bonds. The number of thiophene rings is 1.